The number of ether oxygens (including phenoxy) is 1. The first-order chi connectivity index (χ1) is 4.86. The van der Waals surface area contributed by atoms with Crippen molar-refractivity contribution in [2.75, 3.05) is 0 Å². The third kappa shape index (κ3) is 38.8. The molecule has 0 aliphatic rings. The maximum absolute atomic E-state index is 7.82. The molecule has 0 saturated heterocycles. The van der Waals surface area contributed by atoms with Gasteiger partial charge in [-0.3, -0.25) is 0 Å². The van der Waals surface area contributed by atoms with Crippen molar-refractivity contribution in [3.05, 3.63) is 0 Å². The van der Waals surface area contributed by atoms with Crippen LogP contribution in [0.15, 0.2) is 0 Å². The first-order valence-corrected chi connectivity index (χ1v) is 4.27. The zero-order valence-corrected chi connectivity index (χ0v) is 8.72. The minimum absolute atomic E-state index is 0.375. The summed E-state index contributed by atoms with van der Waals surface area (Å²) in [4.78, 5) is 0. The predicted octanol–water partition coefficient (Wildman–Crippen LogP) is 2.38. The van der Waals surface area contributed by atoms with Gasteiger partial charge in [-0.15, -0.1) is 0 Å². The standard InChI is InChI=1S/C6H14O.C2H5ClO/c1-5(2)7-6(3)4;1-2(3)4/h5-6H,1-4H3;2,4H,1H3. The highest BCUT2D eigenvalue weighted by molar-refractivity contribution is 6.19. The smallest absolute Gasteiger partial charge is 0.125 e. The van der Waals surface area contributed by atoms with Crippen LogP contribution in [-0.4, -0.2) is 22.9 Å². The molecular formula is C8H19ClO2. The number of alkyl halides is 1. The van der Waals surface area contributed by atoms with Gasteiger partial charge in [-0.2, -0.15) is 0 Å². The molecule has 0 saturated carbocycles. The molecule has 2 nitrogen and oxygen atoms in total. The maximum atomic E-state index is 7.82. The number of aliphatic hydroxyl groups excluding tert-OH is 1. The van der Waals surface area contributed by atoms with Gasteiger partial charge in [0.15, 0.2) is 0 Å². The van der Waals surface area contributed by atoms with Crippen LogP contribution in [0.2, 0.25) is 0 Å². The van der Waals surface area contributed by atoms with Gasteiger partial charge in [0.2, 0.25) is 0 Å². The molecule has 0 aromatic carbocycles. The molecule has 0 spiro atoms. The van der Waals surface area contributed by atoms with Gasteiger partial charge in [-0.05, 0) is 34.6 Å². The summed E-state index contributed by atoms with van der Waals surface area (Å²) in [6, 6.07) is 0. The van der Waals surface area contributed by atoms with Crippen molar-refractivity contribution in [3.63, 3.8) is 0 Å². The summed E-state index contributed by atoms with van der Waals surface area (Å²) in [7, 11) is 0. The zero-order chi connectivity index (χ0) is 9.44. The number of rotatable bonds is 2. The lowest BCUT2D eigenvalue weighted by Gasteiger charge is -2.09. The number of hydrogen-bond acceptors (Lipinski definition) is 2. The summed E-state index contributed by atoms with van der Waals surface area (Å²) in [5, 5.41) is 7.82. The molecule has 0 aliphatic heterocycles. The van der Waals surface area contributed by atoms with E-state index in [1.54, 1.807) is 0 Å². The third-order valence-electron chi connectivity index (χ3n) is 0.544. The van der Waals surface area contributed by atoms with E-state index in [1.165, 1.54) is 6.92 Å². The zero-order valence-electron chi connectivity index (χ0n) is 7.97. The number of halogens is 1. The van der Waals surface area contributed by atoms with Crippen molar-refractivity contribution >= 4 is 11.6 Å². The Bertz CT molecular complexity index is 63.7. The molecule has 0 aromatic rings. The fraction of sp³-hybridized carbons (Fsp3) is 1.00. The van der Waals surface area contributed by atoms with Crippen LogP contribution in [0, 0.1) is 0 Å². The van der Waals surface area contributed by atoms with Crippen LogP contribution in [0.4, 0.5) is 0 Å². The van der Waals surface area contributed by atoms with Crippen LogP contribution in [-0.2, 0) is 4.74 Å². The molecule has 0 radical (unpaired) electrons. The Hall–Kier alpha value is 0.210. The Morgan fingerprint density at radius 1 is 1.00 bits per heavy atom. The predicted molar refractivity (Wildman–Crippen MR) is 48.9 cm³/mol. The Morgan fingerprint density at radius 3 is 1.18 bits per heavy atom. The van der Waals surface area contributed by atoms with E-state index in [0.29, 0.717) is 12.2 Å². The van der Waals surface area contributed by atoms with Gasteiger partial charge < -0.3 is 9.84 Å². The molecule has 3 heteroatoms. The normalized spacial score (nSPS) is 12.8. The second-order valence-corrected chi connectivity index (χ2v) is 3.44. The summed E-state index contributed by atoms with van der Waals surface area (Å²) in [6.07, 6.45) is 0.750. The Kier molecular flexibility index (Phi) is 10.4. The second-order valence-electron chi connectivity index (χ2n) is 2.81. The lowest BCUT2D eigenvalue weighted by atomic mass is 10.4. The van der Waals surface area contributed by atoms with Crippen molar-refractivity contribution in [2.24, 2.45) is 0 Å². The monoisotopic (exact) mass is 182 g/mol. The topological polar surface area (TPSA) is 29.5 Å². The molecule has 0 aromatic heterocycles. The molecule has 0 amide bonds. The van der Waals surface area contributed by atoms with Gasteiger partial charge in [0, 0.05) is 0 Å². The SMILES string of the molecule is CC(C)OC(C)C.CC(O)Cl. The van der Waals surface area contributed by atoms with Gasteiger partial charge in [0.25, 0.3) is 0 Å². The molecule has 0 aliphatic carbocycles. The lowest BCUT2D eigenvalue weighted by molar-refractivity contribution is 0.0300. The fourth-order valence-electron chi connectivity index (χ4n) is 0.544. The average molecular weight is 183 g/mol. The first kappa shape index (κ1) is 13.8. The largest absolute Gasteiger partial charge is 0.378 e. The molecule has 0 heterocycles. The van der Waals surface area contributed by atoms with Crippen molar-refractivity contribution in [3.8, 4) is 0 Å². The molecule has 1 atom stereocenters. The van der Waals surface area contributed by atoms with Crippen molar-refractivity contribution in [2.45, 2.75) is 52.4 Å². The van der Waals surface area contributed by atoms with Crippen LogP contribution in [0.5, 0.6) is 0 Å². The van der Waals surface area contributed by atoms with Crippen molar-refractivity contribution in [1.29, 1.82) is 0 Å². The van der Waals surface area contributed by atoms with Crippen LogP contribution >= 0.6 is 11.6 Å². The van der Waals surface area contributed by atoms with E-state index in [4.69, 9.17) is 21.4 Å². The fourth-order valence-corrected chi connectivity index (χ4v) is 0.544. The van der Waals surface area contributed by atoms with Gasteiger partial charge in [-0.1, -0.05) is 11.6 Å². The average Bonchev–Trinajstić information content (AvgIpc) is 1.56. The molecule has 11 heavy (non-hydrogen) atoms. The van der Waals surface area contributed by atoms with E-state index in [2.05, 4.69) is 0 Å². The van der Waals surface area contributed by atoms with Crippen LogP contribution < -0.4 is 0 Å². The minimum atomic E-state index is -0.694. The summed E-state index contributed by atoms with van der Waals surface area (Å²) in [5.74, 6) is 0. The van der Waals surface area contributed by atoms with E-state index >= 15 is 0 Å². The Morgan fingerprint density at radius 2 is 1.18 bits per heavy atom. The van der Waals surface area contributed by atoms with E-state index in [0.717, 1.165) is 0 Å². The highest BCUT2D eigenvalue weighted by atomic mass is 35.5. The molecule has 0 bridgehead atoms. The molecule has 70 valence electrons. The van der Waals surface area contributed by atoms with Gasteiger partial charge in [0.1, 0.15) is 5.56 Å². The van der Waals surface area contributed by atoms with E-state index in [9.17, 15) is 0 Å². The highest BCUT2D eigenvalue weighted by Crippen LogP contribution is 1.93. The quantitative estimate of drug-likeness (QED) is 0.665. The Balaban J connectivity index is 0. The number of hydrogen-bond donors (Lipinski definition) is 1. The van der Waals surface area contributed by atoms with Gasteiger partial charge >= 0.3 is 0 Å². The third-order valence-corrected chi connectivity index (χ3v) is 0.544. The second kappa shape index (κ2) is 8.31. The van der Waals surface area contributed by atoms with Gasteiger partial charge in [0.05, 0.1) is 12.2 Å². The Labute approximate surface area is 74.5 Å². The van der Waals surface area contributed by atoms with Gasteiger partial charge in [-0.25, -0.2) is 0 Å². The number of aliphatic hydroxyl groups is 1. The maximum Gasteiger partial charge on any atom is 0.125 e. The molecule has 1 unspecified atom stereocenters. The summed E-state index contributed by atoms with van der Waals surface area (Å²) < 4.78 is 5.25. The van der Waals surface area contributed by atoms with E-state index in [-0.39, 0.29) is 0 Å². The highest BCUT2D eigenvalue weighted by Gasteiger charge is 1.94. The van der Waals surface area contributed by atoms with Crippen LogP contribution in [0.1, 0.15) is 34.6 Å². The summed E-state index contributed by atoms with van der Waals surface area (Å²) in [6.45, 7) is 9.65. The lowest BCUT2D eigenvalue weighted by Crippen LogP contribution is -2.09. The van der Waals surface area contributed by atoms with Crippen molar-refractivity contribution in [1.82, 2.24) is 0 Å². The summed E-state index contributed by atoms with van der Waals surface area (Å²) in [5.41, 5.74) is -0.694. The molecule has 0 fully saturated rings. The summed E-state index contributed by atoms with van der Waals surface area (Å²) >= 11 is 4.83. The van der Waals surface area contributed by atoms with E-state index in [1.807, 2.05) is 27.7 Å². The minimum Gasteiger partial charge on any atom is -0.378 e. The van der Waals surface area contributed by atoms with E-state index < -0.39 is 5.56 Å². The first-order valence-electron chi connectivity index (χ1n) is 3.83. The molecule has 0 rings (SSSR count). The molecule has 1 N–H and O–H groups in total. The van der Waals surface area contributed by atoms with Crippen LogP contribution in [0.25, 0.3) is 0 Å². The van der Waals surface area contributed by atoms with Crippen molar-refractivity contribution < 1.29 is 9.84 Å². The van der Waals surface area contributed by atoms with Crippen LogP contribution in [0.3, 0.4) is 0 Å². The molecular weight excluding hydrogens is 164 g/mol.